The molecule has 230 valence electrons. The van der Waals surface area contributed by atoms with E-state index in [1.165, 1.54) is 0 Å². The zero-order valence-corrected chi connectivity index (χ0v) is 26.2. The van der Waals surface area contributed by atoms with Crippen molar-refractivity contribution in [3.63, 3.8) is 0 Å². The van der Waals surface area contributed by atoms with E-state index < -0.39 is 0 Å². The number of rotatable bonds is 6. The summed E-state index contributed by atoms with van der Waals surface area (Å²) in [6, 6.07) is 54.9. The summed E-state index contributed by atoms with van der Waals surface area (Å²) < 4.78 is 6.16. The van der Waals surface area contributed by atoms with Crippen LogP contribution in [0.4, 0.5) is 0 Å². The average Bonchev–Trinajstić information content (AvgIpc) is 3.64. The van der Waals surface area contributed by atoms with E-state index in [-0.39, 0.29) is 0 Å². The summed E-state index contributed by atoms with van der Waals surface area (Å²) in [7, 11) is 0. The first-order valence-electron chi connectivity index (χ1n) is 16.1. The minimum absolute atomic E-state index is 0.505. The number of hydrogen-bond donors (Lipinski definition) is 0. The highest BCUT2D eigenvalue weighted by molar-refractivity contribution is 6.05. The molecule has 6 aromatic carbocycles. The second-order valence-corrected chi connectivity index (χ2v) is 11.8. The Morgan fingerprint density at radius 2 is 0.878 bits per heavy atom. The van der Waals surface area contributed by atoms with E-state index >= 15 is 0 Å². The van der Waals surface area contributed by atoms with Crippen LogP contribution in [-0.4, -0.2) is 24.9 Å². The van der Waals surface area contributed by atoms with Crippen LogP contribution in [0.5, 0.6) is 0 Å². The SMILES string of the molecule is c1ccc(-c2ccc(-c3nc(-c4ccccc4)nc(-c4cccc(-c5ccc6ccc7oc(-c8ccccc8)nc7c6c5)n4)n3)cc2)cc1. The Hall–Kier alpha value is -6.79. The maximum Gasteiger partial charge on any atom is 0.227 e. The number of benzene rings is 6. The lowest BCUT2D eigenvalue weighted by atomic mass is 10.0. The van der Waals surface area contributed by atoms with Gasteiger partial charge in [-0.05, 0) is 52.9 Å². The van der Waals surface area contributed by atoms with E-state index in [2.05, 4.69) is 60.7 Å². The summed E-state index contributed by atoms with van der Waals surface area (Å²) in [6.45, 7) is 0. The molecule has 0 aliphatic carbocycles. The molecule has 6 nitrogen and oxygen atoms in total. The van der Waals surface area contributed by atoms with E-state index in [9.17, 15) is 0 Å². The smallest absolute Gasteiger partial charge is 0.227 e. The maximum atomic E-state index is 6.16. The van der Waals surface area contributed by atoms with Gasteiger partial charge in [-0.25, -0.2) is 24.9 Å². The normalized spacial score (nSPS) is 11.3. The number of pyridine rings is 1. The number of oxazole rings is 1. The zero-order valence-electron chi connectivity index (χ0n) is 26.2. The summed E-state index contributed by atoms with van der Waals surface area (Å²) >= 11 is 0. The molecule has 9 aromatic rings. The second-order valence-electron chi connectivity index (χ2n) is 11.8. The van der Waals surface area contributed by atoms with Crippen molar-refractivity contribution in [1.29, 1.82) is 0 Å². The van der Waals surface area contributed by atoms with Crippen molar-refractivity contribution in [2.24, 2.45) is 0 Å². The van der Waals surface area contributed by atoms with E-state index in [0.717, 1.165) is 60.9 Å². The van der Waals surface area contributed by atoms with E-state index in [1.54, 1.807) is 0 Å². The lowest BCUT2D eigenvalue weighted by Gasteiger charge is -2.10. The summed E-state index contributed by atoms with van der Waals surface area (Å²) in [4.78, 5) is 24.7. The van der Waals surface area contributed by atoms with Crippen molar-refractivity contribution in [3.05, 3.63) is 164 Å². The second kappa shape index (κ2) is 12.1. The molecule has 3 heterocycles. The highest BCUT2D eigenvalue weighted by Crippen LogP contribution is 2.33. The zero-order chi connectivity index (χ0) is 32.6. The molecule has 0 saturated carbocycles. The third kappa shape index (κ3) is 5.51. The summed E-state index contributed by atoms with van der Waals surface area (Å²) in [5.74, 6) is 2.28. The van der Waals surface area contributed by atoms with Gasteiger partial charge in [-0.2, -0.15) is 0 Å². The molecule has 0 radical (unpaired) electrons. The number of hydrogen-bond acceptors (Lipinski definition) is 6. The molecule has 9 rings (SSSR count). The predicted molar refractivity (Wildman–Crippen MR) is 195 cm³/mol. The first kappa shape index (κ1) is 28.4. The maximum absolute atomic E-state index is 6.16. The fourth-order valence-electron chi connectivity index (χ4n) is 6.07. The quantitative estimate of drug-likeness (QED) is 0.182. The van der Waals surface area contributed by atoms with Gasteiger partial charge in [0.1, 0.15) is 11.2 Å². The minimum atomic E-state index is 0.505. The molecule has 49 heavy (non-hydrogen) atoms. The van der Waals surface area contributed by atoms with Gasteiger partial charge in [0.2, 0.25) is 5.89 Å². The molecule has 0 aliphatic rings. The third-order valence-electron chi connectivity index (χ3n) is 8.59. The minimum Gasteiger partial charge on any atom is -0.436 e. The van der Waals surface area contributed by atoms with Crippen LogP contribution in [0, 0.1) is 0 Å². The van der Waals surface area contributed by atoms with Crippen molar-refractivity contribution in [2.75, 3.05) is 0 Å². The first-order chi connectivity index (χ1) is 24.2. The average molecular weight is 630 g/mol. The van der Waals surface area contributed by atoms with Crippen LogP contribution >= 0.6 is 0 Å². The highest BCUT2D eigenvalue weighted by Gasteiger charge is 2.16. The van der Waals surface area contributed by atoms with Crippen molar-refractivity contribution < 1.29 is 4.42 Å². The van der Waals surface area contributed by atoms with Gasteiger partial charge >= 0.3 is 0 Å². The first-order valence-corrected chi connectivity index (χ1v) is 16.1. The summed E-state index contributed by atoms with van der Waals surface area (Å²) in [6.07, 6.45) is 0. The topological polar surface area (TPSA) is 77.6 Å². The third-order valence-corrected chi connectivity index (χ3v) is 8.59. The molecule has 6 heteroatoms. The van der Waals surface area contributed by atoms with Gasteiger partial charge in [-0.1, -0.05) is 127 Å². The van der Waals surface area contributed by atoms with E-state index in [4.69, 9.17) is 29.3 Å². The van der Waals surface area contributed by atoms with Crippen molar-refractivity contribution >= 4 is 21.9 Å². The van der Waals surface area contributed by atoms with Crippen molar-refractivity contribution in [2.45, 2.75) is 0 Å². The van der Waals surface area contributed by atoms with Crippen LogP contribution in [0.3, 0.4) is 0 Å². The molecule has 0 unspecified atom stereocenters. The van der Waals surface area contributed by atoms with Crippen LogP contribution in [0.25, 0.3) is 90.0 Å². The lowest BCUT2D eigenvalue weighted by molar-refractivity contribution is 0.620. The molecule has 3 aromatic heterocycles. The van der Waals surface area contributed by atoms with Crippen molar-refractivity contribution in [3.8, 4) is 68.1 Å². The molecule has 0 amide bonds. The van der Waals surface area contributed by atoms with Gasteiger partial charge in [0.05, 0.1) is 5.69 Å². The Bertz CT molecular complexity index is 2580. The predicted octanol–water partition coefficient (Wildman–Crippen LogP) is 10.6. The molecule has 0 N–H and O–H groups in total. The van der Waals surface area contributed by atoms with Gasteiger partial charge in [0, 0.05) is 27.6 Å². The Morgan fingerprint density at radius 3 is 1.59 bits per heavy atom. The summed E-state index contributed by atoms with van der Waals surface area (Å²) in [5, 5.41) is 2.08. The Morgan fingerprint density at radius 1 is 0.347 bits per heavy atom. The molecule has 0 aliphatic heterocycles. The van der Waals surface area contributed by atoms with Gasteiger partial charge in [0.15, 0.2) is 23.1 Å². The number of fused-ring (bicyclic) bond motifs is 3. The molecular formula is C43H27N5O. The Balaban J connectivity index is 1.12. The summed E-state index contributed by atoms with van der Waals surface area (Å²) in [5.41, 5.74) is 9.02. The van der Waals surface area contributed by atoms with Crippen LogP contribution in [0.2, 0.25) is 0 Å². The van der Waals surface area contributed by atoms with E-state index in [1.807, 2.05) is 103 Å². The van der Waals surface area contributed by atoms with Gasteiger partial charge in [-0.3, -0.25) is 0 Å². The van der Waals surface area contributed by atoms with Crippen molar-refractivity contribution in [1.82, 2.24) is 24.9 Å². The fraction of sp³-hybridized carbons (Fsp3) is 0. The van der Waals surface area contributed by atoms with Crippen LogP contribution in [0.1, 0.15) is 0 Å². The molecule has 0 atom stereocenters. The molecule has 0 spiro atoms. The molecule has 0 fully saturated rings. The van der Waals surface area contributed by atoms with Crippen LogP contribution < -0.4 is 0 Å². The number of nitrogens with zero attached hydrogens (tertiary/aromatic N) is 5. The standard InChI is InChI=1S/C43H27N5O/c1-4-11-28(12-5-1)29-19-22-32(23-20-29)41-46-40(31-13-6-2-7-14-31)47-42(48-41)37-18-10-17-36(44-37)34-24-21-30-25-26-38-39(35(30)27-34)45-43(49-38)33-15-8-3-9-16-33/h1-27H. The van der Waals surface area contributed by atoms with Gasteiger partial charge in [-0.15, -0.1) is 0 Å². The molecule has 0 bridgehead atoms. The fourth-order valence-corrected chi connectivity index (χ4v) is 6.07. The largest absolute Gasteiger partial charge is 0.436 e. The monoisotopic (exact) mass is 629 g/mol. The number of aromatic nitrogens is 5. The lowest BCUT2D eigenvalue weighted by Crippen LogP contribution is -2.01. The molecule has 0 saturated heterocycles. The molecular weight excluding hydrogens is 603 g/mol. The Labute approximate surface area is 282 Å². The van der Waals surface area contributed by atoms with Gasteiger partial charge < -0.3 is 4.42 Å². The van der Waals surface area contributed by atoms with Crippen LogP contribution in [-0.2, 0) is 0 Å². The van der Waals surface area contributed by atoms with Gasteiger partial charge in [0.25, 0.3) is 0 Å². The van der Waals surface area contributed by atoms with Crippen LogP contribution in [0.15, 0.2) is 168 Å². The highest BCUT2D eigenvalue weighted by atomic mass is 16.3. The Kier molecular flexibility index (Phi) is 7.02. The van der Waals surface area contributed by atoms with E-state index in [0.29, 0.717) is 29.1 Å².